The first-order valence-corrected chi connectivity index (χ1v) is 12.4. The lowest BCUT2D eigenvalue weighted by Gasteiger charge is -2.42. The molecular weight excluding hydrogens is 454 g/mol. The highest BCUT2D eigenvalue weighted by molar-refractivity contribution is 7.14. The largest absolute Gasteiger partial charge is 0.380 e. The molecule has 1 aromatic heterocycles. The molecular formula is C24H33N5O4S. The van der Waals surface area contributed by atoms with Crippen LogP contribution in [-0.2, 0) is 16.0 Å². The Morgan fingerprint density at radius 1 is 1.29 bits per heavy atom. The molecule has 4 rings (SSSR count). The van der Waals surface area contributed by atoms with Gasteiger partial charge in [-0.15, -0.1) is 11.3 Å². The standard InChI is InChI=1S/C24H33N5O4S/c1-24(2)15-33-10-9-29(24)12-16-5-6-19(18(11-16)21(30)25-3)26-22(31)20-14-34-23(27-20)28-8-7-17(13-28)32-4/h5-6,11,14,17H,7-10,12-13,15H2,1-4H3,(H,25,30)(H,26,31)/t17-/m0/s1. The second kappa shape index (κ2) is 10.4. The summed E-state index contributed by atoms with van der Waals surface area (Å²) in [5.74, 6) is -0.586. The smallest absolute Gasteiger partial charge is 0.275 e. The van der Waals surface area contributed by atoms with Crippen LogP contribution in [0.3, 0.4) is 0 Å². The van der Waals surface area contributed by atoms with E-state index in [0.717, 1.165) is 36.8 Å². The summed E-state index contributed by atoms with van der Waals surface area (Å²) in [6.45, 7) is 8.82. The molecule has 0 saturated carbocycles. The molecule has 9 nitrogen and oxygen atoms in total. The fourth-order valence-electron chi connectivity index (χ4n) is 4.32. The van der Waals surface area contributed by atoms with Crippen LogP contribution in [0.15, 0.2) is 23.6 Å². The number of nitrogens with zero attached hydrogens (tertiary/aromatic N) is 3. The summed E-state index contributed by atoms with van der Waals surface area (Å²) >= 11 is 1.44. The van der Waals surface area contributed by atoms with Gasteiger partial charge in [0.05, 0.1) is 30.6 Å². The summed E-state index contributed by atoms with van der Waals surface area (Å²) in [5.41, 5.74) is 2.15. The summed E-state index contributed by atoms with van der Waals surface area (Å²) in [6, 6.07) is 5.60. The molecule has 2 fully saturated rings. The Morgan fingerprint density at radius 2 is 2.12 bits per heavy atom. The first-order valence-electron chi connectivity index (χ1n) is 11.5. The third kappa shape index (κ3) is 5.41. The Morgan fingerprint density at radius 3 is 2.82 bits per heavy atom. The van der Waals surface area contributed by atoms with Crippen molar-refractivity contribution in [3.05, 3.63) is 40.4 Å². The molecule has 2 N–H and O–H groups in total. The number of benzene rings is 1. The number of rotatable bonds is 7. The number of carbonyl (C=O) groups is 2. The number of hydrogen-bond acceptors (Lipinski definition) is 8. The molecule has 2 saturated heterocycles. The van der Waals surface area contributed by atoms with Gasteiger partial charge in [-0.05, 0) is 38.0 Å². The van der Waals surface area contributed by atoms with E-state index in [-0.39, 0.29) is 23.5 Å². The summed E-state index contributed by atoms with van der Waals surface area (Å²) in [4.78, 5) is 34.6. The molecule has 0 aliphatic carbocycles. The molecule has 1 atom stereocenters. The Bertz CT molecular complexity index is 1040. The summed E-state index contributed by atoms with van der Waals surface area (Å²) in [5, 5.41) is 8.11. The van der Waals surface area contributed by atoms with E-state index in [0.29, 0.717) is 36.7 Å². The van der Waals surface area contributed by atoms with Crippen LogP contribution in [0.4, 0.5) is 10.8 Å². The summed E-state index contributed by atoms with van der Waals surface area (Å²) < 4.78 is 11.0. The van der Waals surface area contributed by atoms with E-state index in [1.54, 1.807) is 25.6 Å². The average molecular weight is 488 g/mol. The van der Waals surface area contributed by atoms with Gasteiger partial charge in [-0.25, -0.2) is 4.98 Å². The van der Waals surface area contributed by atoms with Crippen LogP contribution < -0.4 is 15.5 Å². The van der Waals surface area contributed by atoms with Gasteiger partial charge in [0.2, 0.25) is 0 Å². The number of amides is 2. The molecule has 1 aromatic carbocycles. The SMILES string of the molecule is CNC(=O)c1cc(CN2CCOCC2(C)C)ccc1NC(=O)c1csc(N2CC[C@H](OC)C2)n1. The van der Waals surface area contributed by atoms with Crippen molar-refractivity contribution in [1.29, 1.82) is 0 Å². The Hall–Kier alpha value is -2.53. The molecule has 0 radical (unpaired) electrons. The molecule has 184 valence electrons. The van der Waals surface area contributed by atoms with Crippen molar-refractivity contribution < 1.29 is 19.1 Å². The number of methoxy groups -OCH3 is 1. The highest BCUT2D eigenvalue weighted by Gasteiger charge is 2.31. The third-order valence-corrected chi connectivity index (χ3v) is 7.37. The van der Waals surface area contributed by atoms with Crippen molar-refractivity contribution >= 4 is 34.0 Å². The van der Waals surface area contributed by atoms with Crippen LogP contribution in [-0.4, -0.2) is 80.3 Å². The van der Waals surface area contributed by atoms with Crippen molar-refractivity contribution in [2.75, 3.05) is 57.2 Å². The number of carbonyl (C=O) groups excluding carboxylic acids is 2. The minimum Gasteiger partial charge on any atom is -0.380 e. The minimum atomic E-state index is -0.336. The van der Waals surface area contributed by atoms with E-state index >= 15 is 0 Å². The lowest BCUT2D eigenvalue weighted by atomic mass is 10.00. The Labute approximate surface area is 204 Å². The van der Waals surface area contributed by atoms with Crippen LogP contribution >= 0.6 is 11.3 Å². The van der Waals surface area contributed by atoms with Gasteiger partial charge in [-0.3, -0.25) is 14.5 Å². The second-order valence-corrected chi connectivity index (χ2v) is 10.1. The van der Waals surface area contributed by atoms with Gasteiger partial charge < -0.3 is 25.0 Å². The molecule has 0 bridgehead atoms. The molecule has 0 unspecified atom stereocenters. The number of ether oxygens (including phenoxy) is 2. The van der Waals surface area contributed by atoms with Crippen molar-refractivity contribution in [3.63, 3.8) is 0 Å². The fraction of sp³-hybridized carbons (Fsp3) is 0.542. The van der Waals surface area contributed by atoms with Gasteiger partial charge >= 0.3 is 0 Å². The second-order valence-electron chi connectivity index (χ2n) is 9.31. The third-order valence-electron chi connectivity index (χ3n) is 6.47. The van der Waals surface area contributed by atoms with Crippen LogP contribution in [0.25, 0.3) is 0 Å². The minimum absolute atomic E-state index is 0.0841. The summed E-state index contributed by atoms with van der Waals surface area (Å²) in [7, 11) is 3.30. The predicted molar refractivity (Wildman–Crippen MR) is 133 cm³/mol. The lowest BCUT2D eigenvalue weighted by Crippen LogP contribution is -2.52. The number of hydrogen-bond donors (Lipinski definition) is 2. The van der Waals surface area contributed by atoms with E-state index < -0.39 is 0 Å². The van der Waals surface area contributed by atoms with Gasteiger partial charge in [-0.2, -0.15) is 0 Å². The van der Waals surface area contributed by atoms with E-state index in [1.807, 2.05) is 12.1 Å². The van der Waals surface area contributed by atoms with Crippen molar-refractivity contribution in [3.8, 4) is 0 Å². The van der Waals surface area contributed by atoms with E-state index in [9.17, 15) is 9.59 Å². The first-order chi connectivity index (χ1) is 16.3. The molecule has 2 aliphatic heterocycles. The maximum absolute atomic E-state index is 12.9. The van der Waals surface area contributed by atoms with Crippen molar-refractivity contribution in [2.45, 2.75) is 38.5 Å². The topological polar surface area (TPSA) is 96.0 Å². The molecule has 2 aliphatic rings. The zero-order valence-corrected chi connectivity index (χ0v) is 21.0. The van der Waals surface area contributed by atoms with E-state index in [4.69, 9.17) is 9.47 Å². The van der Waals surface area contributed by atoms with Gasteiger partial charge in [0.15, 0.2) is 5.13 Å². The number of nitrogens with one attached hydrogen (secondary N) is 2. The van der Waals surface area contributed by atoms with Gasteiger partial charge in [0.25, 0.3) is 11.8 Å². The number of thiazole rings is 1. The first kappa shape index (κ1) is 24.6. The molecule has 10 heteroatoms. The number of aromatic nitrogens is 1. The zero-order chi connectivity index (χ0) is 24.3. The van der Waals surface area contributed by atoms with Crippen molar-refractivity contribution in [1.82, 2.24) is 15.2 Å². The van der Waals surface area contributed by atoms with Crippen LogP contribution in [0, 0.1) is 0 Å². The quantitative estimate of drug-likeness (QED) is 0.620. The Kier molecular flexibility index (Phi) is 7.51. The number of morpholine rings is 1. The van der Waals surface area contributed by atoms with E-state index in [2.05, 4.69) is 39.3 Å². The molecule has 3 heterocycles. The maximum atomic E-state index is 12.9. The van der Waals surface area contributed by atoms with E-state index in [1.165, 1.54) is 11.3 Å². The van der Waals surface area contributed by atoms with Crippen LogP contribution in [0.1, 0.15) is 46.7 Å². The Balaban J connectivity index is 1.49. The lowest BCUT2D eigenvalue weighted by molar-refractivity contribution is -0.0552. The van der Waals surface area contributed by atoms with Crippen LogP contribution in [0.5, 0.6) is 0 Å². The maximum Gasteiger partial charge on any atom is 0.275 e. The number of anilines is 2. The highest BCUT2D eigenvalue weighted by Crippen LogP contribution is 2.27. The van der Waals surface area contributed by atoms with Gasteiger partial charge in [0.1, 0.15) is 5.69 Å². The predicted octanol–water partition coefficient (Wildman–Crippen LogP) is 2.59. The average Bonchev–Trinajstić information content (AvgIpc) is 3.50. The summed E-state index contributed by atoms with van der Waals surface area (Å²) in [6.07, 6.45) is 1.14. The normalized spacial score (nSPS) is 20.4. The molecule has 2 amide bonds. The zero-order valence-electron chi connectivity index (χ0n) is 20.2. The highest BCUT2D eigenvalue weighted by atomic mass is 32.1. The monoisotopic (exact) mass is 487 g/mol. The van der Waals surface area contributed by atoms with Crippen LogP contribution in [0.2, 0.25) is 0 Å². The molecule has 34 heavy (non-hydrogen) atoms. The van der Waals surface area contributed by atoms with Gasteiger partial charge in [-0.1, -0.05) is 6.07 Å². The van der Waals surface area contributed by atoms with Gasteiger partial charge in [0, 0.05) is 51.3 Å². The van der Waals surface area contributed by atoms with Crippen molar-refractivity contribution in [2.24, 2.45) is 0 Å². The molecule has 2 aromatic rings. The fourth-order valence-corrected chi connectivity index (χ4v) is 5.16. The molecule has 0 spiro atoms.